The van der Waals surface area contributed by atoms with Crippen LogP contribution in [0.2, 0.25) is 0 Å². The van der Waals surface area contributed by atoms with Gasteiger partial charge in [0.2, 0.25) is 0 Å². The lowest BCUT2D eigenvalue weighted by atomic mass is 10.0. The summed E-state index contributed by atoms with van der Waals surface area (Å²) in [6.07, 6.45) is 0.586. The van der Waals surface area contributed by atoms with Gasteiger partial charge in [0.05, 0.1) is 5.56 Å². The Bertz CT molecular complexity index is 324. The van der Waals surface area contributed by atoms with Crippen molar-refractivity contribution >= 4 is 29.5 Å². The van der Waals surface area contributed by atoms with Gasteiger partial charge in [0, 0.05) is 11.8 Å². The minimum absolute atomic E-state index is 0.0560. The van der Waals surface area contributed by atoms with Crippen molar-refractivity contribution in [3.05, 3.63) is 28.8 Å². The summed E-state index contributed by atoms with van der Waals surface area (Å²) in [6, 6.07) is 3.10. The maximum absolute atomic E-state index is 10.6. The molecule has 4 heteroatoms. The fraction of sp³-hybridized carbons (Fsp3) is 0.222. The second-order valence-electron chi connectivity index (χ2n) is 2.52. The summed E-state index contributed by atoms with van der Waals surface area (Å²) < 4.78 is 0. The monoisotopic (exact) mass is 218 g/mol. The van der Waals surface area contributed by atoms with Crippen molar-refractivity contribution in [2.45, 2.75) is 11.8 Å². The van der Waals surface area contributed by atoms with Crippen molar-refractivity contribution in [1.29, 1.82) is 0 Å². The average Bonchev–Trinajstić information content (AvgIpc) is 2.17. The van der Waals surface area contributed by atoms with Gasteiger partial charge in [-0.15, -0.1) is 23.2 Å². The Hall–Kier alpha value is -0.730. The number of aromatic hydroxyl groups is 1. The third-order valence-electron chi connectivity index (χ3n) is 1.83. The van der Waals surface area contributed by atoms with Crippen LogP contribution in [0.1, 0.15) is 21.5 Å². The predicted octanol–water partition coefficient (Wildman–Crippen LogP) is 2.68. The Morgan fingerprint density at radius 3 is 2.46 bits per heavy atom. The number of benzene rings is 1. The Kier molecular flexibility index (Phi) is 3.58. The van der Waals surface area contributed by atoms with Crippen LogP contribution in [-0.4, -0.2) is 11.4 Å². The van der Waals surface area contributed by atoms with Crippen LogP contribution in [0.5, 0.6) is 5.75 Å². The second-order valence-corrected chi connectivity index (χ2v) is 3.06. The number of rotatable bonds is 3. The molecule has 0 heterocycles. The molecular formula is C9H8Cl2O2. The van der Waals surface area contributed by atoms with Crippen molar-refractivity contribution in [2.24, 2.45) is 0 Å². The van der Waals surface area contributed by atoms with Crippen molar-refractivity contribution in [1.82, 2.24) is 0 Å². The molecule has 0 spiro atoms. The van der Waals surface area contributed by atoms with Gasteiger partial charge in [0.15, 0.2) is 6.29 Å². The van der Waals surface area contributed by atoms with Gasteiger partial charge in [0.1, 0.15) is 5.75 Å². The normalized spacial score (nSPS) is 10.0. The Balaban J connectivity index is 3.36. The van der Waals surface area contributed by atoms with E-state index < -0.39 is 0 Å². The van der Waals surface area contributed by atoms with Crippen LogP contribution < -0.4 is 0 Å². The number of aldehydes is 1. The van der Waals surface area contributed by atoms with Crippen molar-refractivity contribution < 1.29 is 9.90 Å². The minimum Gasteiger partial charge on any atom is -0.507 e. The predicted molar refractivity (Wildman–Crippen MR) is 52.6 cm³/mol. The van der Waals surface area contributed by atoms with Crippen LogP contribution in [0.3, 0.4) is 0 Å². The standard InChI is InChI=1S/C9H8Cl2O2/c10-3-6-1-2-9(13)8(5-12)7(6)4-11/h1-2,5,13H,3-4H2. The largest absolute Gasteiger partial charge is 0.507 e. The van der Waals surface area contributed by atoms with E-state index in [4.69, 9.17) is 23.2 Å². The van der Waals surface area contributed by atoms with Gasteiger partial charge < -0.3 is 5.11 Å². The zero-order chi connectivity index (χ0) is 9.84. The van der Waals surface area contributed by atoms with E-state index >= 15 is 0 Å². The molecule has 0 fully saturated rings. The maximum atomic E-state index is 10.6. The Labute approximate surface area is 86.1 Å². The number of carbonyl (C=O) groups excluding carboxylic acids is 1. The zero-order valence-electron chi connectivity index (χ0n) is 6.76. The minimum atomic E-state index is -0.0560. The molecule has 0 saturated heterocycles. The average molecular weight is 219 g/mol. The second kappa shape index (κ2) is 4.49. The third-order valence-corrected chi connectivity index (χ3v) is 2.38. The summed E-state index contributed by atoms with van der Waals surface area (Å²) in [5.74, 6) is 0.396. The highest BCUT2D eigenvalue weighted by molar-refractivity contribution is 6.19. The van der Waals surface area contributed by atoms with E-state index in [1.807, 2.05) is 0 Å². The molecule has 0 aliphatic heterocycles. The molecule has 1 aromatic carbocycles. The van der Waals surface area contributed by atoms with Gasteiger partial charge in [-0.3, -0.25) is 4.79 Å². The fourth-order valence-corrected chi connectivity index (χ4v) is 1.68. The highest BCUT2D eigenvalue weighted by Gasteiger charge is 2.10. The molecule has 0 unspecified atom stereocenters. The molecule has 1 N–H and O–H groups in total. The smallest absolute Gasteiger partial charge is 0.154 e. The third kappa shape index (κ3) is 1.95. The van der Waals surface area contributed by atoms with Crippen molar-refractivity contribution in [3.63, 3.8) is 0 Å². The topological polar surface area (TPSA) is 37.3 Å². The summed E-state index contributed by atoms with van der Waals surface area (Å²) in [7, 11) is 0. The molecule has 0 aliphatic carbocycles. The van der Waals surface area contributed by atoms with Gasteiger partial charge in [-0.1, -0.05) is 6.07 Å². The first-order valence-electron chi connectivity index (χ1n) is 3.65. The van der Waals surface area contributed by atoms with E-state index in [0.29, 0.717) is 11.8 Å². The molecule has 13 heavy (non-hydrogen) atoms. The lowest BCUT2D eigenvalue weighted by Crippen LogP contribution is -1.95. The van der Waals surface area contributed by atoms with Gasteiger partial charge in [-0.2, -0.15) is 0 Å². The first-order valence-corrected chi connectivity index (χ1v) is 4.72. The summed E-state index contributed by atoms with van der Waals surface area (Å²) in [6.45, 7) is 0. The summed E-state index contributed by atoms with van der Waals surface area (Å²) >= 11 is 11.3. The summed E-state index contributed by atoms with van der Waals surface area (Å²) in [5.41, 5.74) is 1.61. The molecule has 0 amide bonds. The molecule has 2 nitrogen and oxygen atoms in total. The van der Waals surface area contributed by atoms with E-state index in [0.717, 1.165) is 5.56 Å². The number of phenols is 1. The van der Waals surface area contributed by atoms with Crippen LogP contribution in [0, 0.1) is 0 Å². The molecule has 0 saturated carbocycles. The molecule has 0 bridgehead atoms. The maximum Gasteiger partial charge on any atom is 0.154 e. The first kappa shape index (κ1) is 10.4. The lowest BCUT2D eigenvalue weighted by Gasteiger charge is -2.07. The number of hydrogen-bond acceptors (Lipinski definition) is 2. The van der Waals surface area contributed by atoms with Gasteiger partial charge in [-0.25, -0.2) is 0 Å². The quantitative estimate of drug-likeness (QED) is 0.626. The van der Waals surface area contributed by atoms with Gasteiger partial charge in [0.25, 0.3) is 0 Å². The van der Waals surface area contributed by atoms with Crippen molar-refractivity contribution in [3.8, 4) is 5.75 Å². The highest BCUT2D eigenvalue weighted by atomic mass is 35.5. The molecule has 0 atom stereocenters. The zero-order valence-corrected chi connectivity index (χ0v) is 8.27. The van der Waals surface area contributed by atoms with Crippen LogP contribution in [0.4, 0.5) is 0 Å². The number of alkyl halides is 2. The van der Waals surface area contributed by atoms with E-state index in [-0.39, 0.29) is 23.1 Å². The van der Waals surface area contributed by atoms with Crippen LogP contribution in [0.25, 0.3) is 0 Å². The molecular weight excluding hydrogens is 211 g/mol. The van der Waals surface area contributed by atoms with Crippen molar-refractivity contribution in [2.75, 3.05) is 0 Å². The summed E-state index contributed by atoms with van der Waals surface area (Å²) in [5, 5.41) is 9.31. The first-order chi connectivity index (χ1) is 6.24. The van der Waals surface area contributed by atoms with E-state index in [2.05, 4.69) is 0 Å². The Morgan fingerprint density at radius 1 is 1.31 bits per heavy atom. The van der Waals surface area contributed by atoms with Gasteiger partial charge >= 0.3 is 0 Å². The van der Waals surface area contributed by atoms with Gasteiger partial charge in [-0.05, 0) is 17.2 Å². The fourth-order valence-electron chi connectivity index (χ4n) is 1.11. The van der Waals surface area contributed by atoms with E-state index in [1.54, 1.807) is 6.07 Å². The number of phenolic OH excluding ortho intramolecular Hbond substituents is 1. The van der Waals surface area contributed by atoms with Crippen LogP contribution in [0.15, 0.2) is 12.1 Å². The highest BCUT2D eigenvalue weighted by Crippen LogP contribution is 2.25. The molecule has 1 aromatic rings. The van der Waals surface area contributed by atoms with E-state index in [9.17, 15) is 9.90 Å². The SMILES string of the molecule is O=Cc1c(O)ccc(CCl)c1CCl. The van der Waals surface area contributed by atoms with Crippen LogP contribution >= 0.6 is 23.2 Å². The molecule has 0 aromatic heterocycles. The summed E-state index contributed by atoms with van der Waals surface area (Å²) in [4.78, 5) is 10.6. The molecule has 70 valence electrons. The number of halogens is 2. The van der Waals surface area contributed by atoms with Crippen LogP contribution in [-0.2, 0) is 11.8 Å². The molecule has 0 aliphatic rings. The molecule has 1 rings (SSSR count). The molecule has 0 radical (unpaired) electrons. The van der Waals surface area contributed by atoms with E-state index in [1.165, 1.54) is 6.07 Å². The number of hydrogen-bond donors (Lipinski definition) is 1. The Morgan fingerprint density at radius 2 is 2.00 bits per heavy atom. The lowest BCUT2D eigenvalue weighted by molar-refractivity contribution is 0.112. The number of carbonyl (C=O) groups is 1.